The fraction of sp³-hybridized carbons (Fsp3) is 0.812. The molecule has 2 amide bonds. The number of hydrogen-bond acceptors (Lipinski definition) is 3. The molecule has 21 heavy (non-hydrogen) atoms. The lowest BCUT2D eigenvalue weighted by Crippen LogP contribution is -2.55. The van der Waals surface area contributed by atoms with Crippen LogP contribution in [0.15, 0.2) is 0 Å². The topological polar surface area (TPSA) is 74.7 Å². The van der Waals surface area contributed by atoms with E-state index in [0.717, 1.165) is 38.5 Å². The summed E-state index contributed by atoms with van der Waals surface area (Å²) in [5.74, 6) is -1.72. The standard InChI is InChI=1S/C16H23NO4/c18-13-9-16(7-3-4-8-16)10-14(19)17(13)12-6-2-1-5-11(12)15(20)21/h11-12H,1-10H2,(H,20,21). The van der Waals surface area contributed by atoms with Crippen molar-refractivity contribution in [3.8, 4) is 0 Å². The van der Waals surface area contributed by atoms with Crippen LogP contribution in [0.2, 0.25) is 0 Å². The number of imide groups is 1. The van der Waals surface area contributed by atoms with E-state index in [1.165, 1.54) is 4.90 Å². The van der Waals surface area contributed by atoms with Crippen molar-refractivity contribution in [1.29, 1.82) is 0 Å². The van der Waals surface area contributed by atoms with Crippen molar-refractivity contribution in [3.05, 3.63) is 0 Å². The van der Waals surface area contributed by atoms with Crippen LogP contribution < -0.4 is 0 Å². The Morgan fingerprint density at radius 3 is 2.14 bits per heavy atom. The van der Waals surface area contributed by atoms with E-state index in [4.69, 9.17) is 0 Å². The Bertz CT molecular complexity index is 447. The second-order valence-corrected chi connectivity index (χ2v) is 7.01. The van der Waals surface area contributed by atoms with Gasteiger partial charge in [-0.05, 0) is 31.1 Å². The van der Waals surface area contributed by atoms with Crippen molar-refractivity contribution in [1.82, 2.24) is 4.90 Å². The molecule has 0 aromatic rings. The zero-order chi connectivity index (χ0) is 15.0. The monoisotopic (exact) mass is 293 g/mol. The third-order valence-electron chi connectivity index (χ3n) is 5.63. The lowest BCUT2D eigenvalue weighted by Gasteiger charge is -2.43. The zero-order valence-corrected chi connectivity index (χ0v) is 12.3. The van der Waals surface area contributed by atoms with Gasteiger partial charge in [-0.2, -0.15) is 0 Å². The molecule has 3 fully saturated rings. The summed E-state index contributed by atoms with van der Waals surface area (Å²) in [6, 6.07) is -0.421. The molecule has 116 valence electrons. The van der Waals surface area contributed by atoms with Crippen molar-refractivity contribution in [2.45, 2.75) is 70.3 Å². The number of likely N-dealkylation sites (tertiary alicyclic amines) is 1. The minimum Gasteiger partial charge on any atom is -0.481 e. The molecule has 2 aliphatic carbocycles. The summed E-state index contributed by atoms with van der Waals surface area (Å²) >= 11 is 0. The maximum Gasteiger partial charge on any atom is 0.308 e. The Balaban J connectivity index is 1.80. The van der Waals surface area contributed by atoms with E-state index >= 15 is 0 Å². The molecule has 1 heterocycles. The first-order valence-corrected chi connectivity index (χ1v) is 8.10. The first kappa shape index (κ1) is 14.5. The van der Waals surface area contributed by atoms with E-state index in [1.807, 2.05) is 0 Å². The normalized spacial score (nSPS) is 32.7. The summed E-state index contributed by atoms with van der Waals surface area (Å²) in [4.78, 5) is 37.8. The van der Waals surface area contributed by atoms with Gasteiger partial charge in [-0.1, -0.05) is 25.7 Å². The van der Waals surface area contributed by atoms with Gasteiger partial charge >= 0.3 is 5.97 Å². The minimum absolute atomic E-state index is 0.113. The van der Waals surface area contributed by atoms with E-state index in [1.54, 1.807) is 0 Å². The predicted octanol–water partition coefficient (Wildman–Crippen LogP) is 2.34. The summed E-state index contributed by atoms with van der Waals surface area (Å²) in [6.07, 6.45) is 7.97. The Labute approximate surface area is 124 Å². The van der Waals surface area contributed by atoms with Gasteiger partial charge in [-0.25, -0.2) is 0 Å². The quantitative estimate of drug-likeness (QED) is 0.793. The molecule has 5 heteroatoms. The number of rotatable bonds is 2. The van der Waals surface area contributed by atoms with Crippen LogP contribution in [0.25, 0.3) is 0 Å². The van der Waals surface area contributed by atoms with Crippen LogP contribution in [0.5, 0.6) is 0 Å². The van der Waals surface area contributed by atoms with E-state index in [9.17, 15) is 19.5 Å². The van der Waals surface area contributed by atoms with Gasteiger partial charge in [0.25, 0.3) is 0 Å². The van der Waals surface area contributed by atoms with Crippen molar-refractivity contribution >= 4 is 17.8 Å². The lowest BCUT2D eigenvalue weighted by atomic mass is 9.74. The molecule has 3 aliphatic rings. The Hall–Kier alpha value is -1.39. The van der Waals surface area contributed by atoms with Gasteiger partial charge in [0.1, 0.15) is 0 Å². The minimum atomic E-state index is -0.874. The van der Waals surface area contributed by atoms with Gasteiger partial charge < -0.3 is 5.11 Å². The maximum atomic E-state index is 12.5. The third-order valence-corrected chi connectivity index (χ3v) is 5.63. The van der Waals surface area contributed by atoms with Gasteiger partial charge in [0.15, 0.2) is 0 Å². The van der Waals surface area contributed by atoms with Crippen LogP contribution in [-0.4, -0.2) is 33.8 Å². The number of nitrogens with zero attached hydrogens (tertiary/aromatic N) is 1. The smallest absolute Gasteiger partial charge is 0.308 e. The molecule has 1 N–H and O–H groups in total. The van der Waals surface area contributed by atoms with Crippen LogP contribution in [0.4, 0.5) is 0 Å². The van der Waals surface area contributed by atoms with Gasteiger partial charge in [0, 0.05) is 12.8 Å². The maximum absolute atomic E-state index is 12.5. The molecule has 5 nitrogen and oxygen atoms in total. The molecule has 1 spiro atoms. The number of carboxylic acid groups (broad SMARTS) is 1. The lowest BCUT2D eigenvalue weighted by molar-refractivity contribution is -0.161. The first-order chi connectivity index (χ1) is 10.0. The summed E-state index contributed by atoms with van der Waals surface area (Å²) < 4.78 is 0. The molecule has 0 aromatic carbocycles. The largest absolute Gasteiger partial charge is 0.481 e. The molecule has 1 saturated heterocycles. The summed E-state index contributed by atoms with van der Waals surface area (Å²) in [5, 5.41) is 9.37. The van der Waals surface area contributed by atoms with Crippen LogP contribution in [-0.2, 0) is 14.4 Å². The average Bonchev–Trinajstić information content (AvgIpc) is 2.86. The Kier molecular flexibility index (Phi) is 3.76. The SMILES string of the molecule is O=C(O)C1CCCCC1N1C(=O)CC2(CCCC2)CC1=O. The molecule has 0 bridgehead atoms. The zero-order valence-electron chi connectivity index (χ0n) is 12.3. The number of piperidine rings is 1. The van der Waals surface area contributed by atoms with Gasteiger partial charge in [-0.3, -0.25) is 19.3 Å². The highest BCUT2D eigenvalue weighted by Gasteiger charge is 2.49. The highest BCUT2D eigenvalue weighted by atomic mass is 16.4. The first-order valence-electron chi connectivity index (χ1n) is 8.10. The third kappa shape index (κ3) is 2.58. The molecular weight excluding hydrogens is 270 g/mol. The number of carbonyl (C=O) groups excluding carboxylic acids is 2. The molecule has 3 rings (SSSR count). The number of aliphatic carboxylic acids is 1. The highest BCUT2D eigenvalue weighted by Crippen LogP contribution is 2.48. The summed E-state index contributed by atoms with van der Waals surface area (Å²) in [6.45, 7) is 0. The fourth-order valence-electron chi connectivity index (χ4n) is 4.57. The van der Waals surface area contributed by atoms with Gasteiger partial charge in [0.05, 0.1) is 12.0 Å². The van der Waals surface area contributed by atoms with Crippen LogP contribution in [0.3, 0.4) is 0 Å². The van der Waals surface area contributed by atoms with E-state index in [0.29, 0.717) is 25.7 Å². The Morgan fingerprint density at radius 1 is 1.00 bits per heavy atom. The average molecular weight is 293 g/mol. The number of carbonyl (C=O) groups is 3. The molecule has 1 aliphatic heterocycles. The second kappa shape index (κ2) is 5.43. The van der Waals surface area contributed by atoms with Crippen molar-refractivity contribution in [2.75, 3.05) is 0 Å². The number of amides is 2. The number of carboxylic acids is 1. The molecule has 2 unspecified atom stereocenters. The molecule has 2 saturated carbocycles. The number of hydrogen-bond donors (Lipinski definition) is 1. The van der Waals surface area contributed by atoms with Gasteiger partial charge in [0.2, 0.25) is 11.8 Å². The highest BCUT2D eigenvalue weighted by molar-refractivity contribution is 5.99. The van der Waals surface area contributed by atoms with Crippen molar-refractivity contribution < 1.29 is 19.5 Å². The molecular formula is C16H23NO4. The molecule has 2 atom stereocenters. The fourth-order valence-corrected chi connectivity index (χ4v) is 4.57. The molecule has 0 aromatic heterocycles. The van der Waals surface area contributed by atoms with E-state index in [-0.39, 0.29) is 17.2 Å². The van der Waals surface area contributed by atoms with Crippen LogP contribution in [0.1, 0.15) is 64.2 Å². The molecule has 0 radical (unpaired) electrons. The predicted molar refractivity (Wildman–Crippen MR) is 75.4 cm³/mol. The second-order valence-electron chi connectivity index (χ2n) is 7.01. The van der Waals surface area contributed by atoms with E-state index in [2.05, 4.69) is 0 Å². The van der Waals surface area contributed by atoms with Crippen molar-refractivity contribution in [3.63, 3.8) is 0 Å². The van der Waals surface area contributed by atoms with Gasteiger partial charge in [-0.15, -0.1) is 0 Å². The van der Waals surface area contributed by atoms with Crippen LogP contribution >= 0.6 is 0 Å². The summed E-state index contributed by atoms with van der Waals surface area (Å²) in [7, 11) is 0. The summed E-state index contributed by atoms with van der Waals surface area (Å²) in [5.41, 5.74) is -0.113. The van der Waals surface area contributed by atoms with Crippen molar-refractivity contribution in [2.24, 2.45) is 11.3 Å². The van der Waals surface area contributed by atoms with Crippen LogP contribution in [0, 0.1) is 11.3 Å². The van der Waals surface area contributed by atoms with E-state index < -0.39 is 17.9 Å². The Morgan fingerprint density at radius 2 is 1.57 bits per heavy atom.